The van der Waals surface area contributed by atoms with E-state index in [1.54, 1.807) is 0 Å². The average Bonchev–Trinajstić information content (AvgIpc) is 2.67. The molecular weight excluding hydrogens is 364 g/mol. The van der Waals surface area contributed by atoms with Crippen molar-refractivity contribution in [2.24, 2.45) is 0 Å². The number of hydrogen-bond acceptors (Lipinski definition) is 6. The van der Waals surface area contributed by atoms with Gasteiger partial charge in [0, 0.05) is 17.4 Å². The van der Waals surface area contributed by atoms with Crippen molar-refractivity contribution in [1.82, 2.24) is 14.5 Å². The fraction of sp³-hybridized carbons (Fsp3) is 0.136. The summed E-state index contributed by atoms with van der Waals surface area (Å²) < 4.78 is 1.83. The van der Waals surface area contributed by atoms with Crippen LogP contribution in [-0.2, 0) is 6.42 Å². The van der Waals surface area contributed by atoms with Gasteiger partial charge in [-0.2, -0.15) is 9.97 Å². The van der Waals surface area contributed by atoms with Gasteiger partial charge in [0.1, 0.15) is 11.6 Å². The lowest BCUT2D eigenvalue weighted by molar-refractivity contribution is 0.888. The van der Waals surface area contributed by atoms with E-state index in [2.05, 4.69) is 23.0 Å². The van der Waals surface area contributed by atoms with Crippen LogP contribution in [-0.4, -0.2) is 14.5 Å². The molecule has 2 heterocycles. The van der Waals surface area contributed by atoms with E-state index in [1.807, 2.05) is 60.0 Å². The van der Waals surface area contributed by atoms with Crippen molar-refractivity contribution in [1.29, 1.82) is 0 Å². The average molecular weight is 388 g/mol. The Hall–Kier alpha value is -3.87. The van der Waals surface area contributed by atoms with Crippen LogP contribution in [0.15, 0.2) is 65.5 Å². The Kier molecular flexibility index (Phi) is 5.78. The smallest absolute Gasteiger partial charge is 0.263 e. The Morgan fingerprint density at radius 2 is 1.55 bits per heavy atom. The fourth-order valence-corrected chi connectivity index (χ4v) is 3.22. The summed E-state index contributed by atoms with van der Waals surface area (Å²) in [7, 11) is 0. The second-order valence-corrected chi connectivity index (χ2v) is 6.58. The van der Waals surface area contributed by atoms with Crippen LogP contribution in [0, 0.1) is 6.92 Å². The van der Waals surface area contributed by atoms with Gasteiger partial charge < -0.3 is 17.2 Å². The Labute approximate surface area is 168 Å². The SMILES string of the molecule is CCc1cc2cccc(C)c2c(=O)n1-c1ccccc1.Nc1cc(N)nc(N)n1. The number of rotatable bonds is 2. The van der Waals surface area contributed by atoms with Gasteiger partial charge in [0.05, 0.1) is 5.39 Å². The van der Waals surface area contributed by atoms with Gasteiger partial charge in [-0.25, -0.2) is 0 Å². The lowest BCUT2D eigenvalue weighted by Crippen LogP contribution is -2.22. The molecule has 0 fully saturated rings. The van der Waals surface area contributed by atoms with Crippen molar-refractivity contribution >= 4 is 28.4 Å². The standard InChI is InChI=1S/C18H17NO.C4H7N5/c1-3-15-12-14-9-7-8-13(2)17(14)18(20)19(15)16-10-5-4-6-11-16;5-2-1-3(6)9-4(7)8-2/h4-12H,3H2,1-2H3;1H,(H6,5,6,7,8,9). The highest BCUT2D eigenvalue weighted by atomic mass is 16.1. The topological polar surface area (TPSA) is 126 Å². The van der Waals surface area contributed by atoms with E-state index in [9.17, 15) is 4.79 Å². The van der Waals surface area contributed by atoms with Crippen molar-refractivity contribution in [3.63, 3.8) is 0 Å². The van der Waals surface area contributed by atoms with E-state index >= 15 is 0 Å². The number of fused-ring (bicyclic) bond motifs is 1. The lowest BCUT2D eigenvalue weighted by Gasteiger charge is -2.14. The van der Waals surface area contributed by atoms with Gasteiger partial charge in [-0.3, -0.25) is 9.36 Å². The van der Waals surface area contributed by atoms with E-state index in [0.717, 1.165) is 34.1 Å². The number of anilines is 3. The molecule has 148 valence electrons. The van der Waals surface area contributed by atoms with Gasteiger partial charge in [-0.1, -0.05) is 43.3 Å². The highest BCUT2D eigenvalue weighted by Crippen LogP contribution is 2.19. The summed E-state index contributed by atoms with van der Waals surface area (Å²) in [5, 5.41) is 1.84. The number of nitrogens with zero attached hydrogens (tertiary/aromatic N) is 3. The van der Waals surface area contributed by atoms with E-state index in [-0.39, 0.29) is 11.5 Å². The minimum atomic E-state index is 0.0728. The van der Waals surface area contributed by atoms with Gasteiger partial charge in [0.2, 0.25) is 5.95 Å². The number of pyridine rings is 1. The second kappa shape index (κ2) is 8.43. The molecular formula is C22H24N6O. The summed E-state index contributed by atoms with van der Waals surface area (Å²) in [5.41, 5.74) is 18.7. The molecule has 0 saturated carbocycles. The Balaban J connectivity index is 0.000000224. The molecule has 2 aromatic carbocycles. The minimum absolute atomic E-state index is 0.0728. The number of para-hydroxylation sites is 1. The summed E-state index contributed by atoms with van der Waals surface area (Å²) in [6, 6.07) is 19.4. The van der Waals surface area contributed by atoms with E-state index < -0.39 is 0 Å². The predicted octanol–water partition coefficient (Wildman–Crippen LogP) is 3.08. The quantitative estimate of drug-likeness (QED) is 0.484. The third-order valence-electron chi connectivity index (χ3n) is 4.49. The van der Waals surface area contributed by atoms with E-state index in [4.69, 9.17) is 17.2 Å². The maximum absolute atomic E-state index is 12.9. The first-order valence-corrected chi connectivity index (χ1v) is 9.26. The van der Waals surface area contributed by atoms with Crippen LogP contribution < -0.4 is 22.8 Å². The van der Waals surface area contributed by atoms with E-state index in [1.165, 1.54) is 6.07 Å². The van der Waals surface area contributed by atoms with Crippen LogP contribution in [0.4, 0.5) is 17.6 Å². The van der Waals surface area contributed by atoms with E-state index in [0.29, 0.717) is 11.6 Å². The Morgan fingerprint density at radius 1 is 0.897 bits per heavy atom. The molecule has 6 N–H and O–H groups in total. The molecule has 0 spiro atoms. The fourth-order valence-electron chi connectivity index (χ4n) is 3.22. The summed E-state index contributed by atoms with van der Waals surface area (Å²) in [6.07, 6.45) is 0.827. The van der Waals surface area contributed by atoms with Crippen LogP contribution >= 0.6 is 0 Å². The molecule has 0 aliphatic heterocycles. The van der Waals surface area contributed by atoms with Crippen LogP contribution in [0.2, 0.25) is 0 Å². The summed E-state index contributed by atoms with van der Waals surface area (Å²) in [6.45, 7) is 4.07. The van der Waals surface area contributed by atoms with Crippen molar-refractivity contribution in [3.8, 4) is 5.69 Å². The first-order chi connectivity index (χ1) is 13.9. The number of hydrogen-bond donors (Lipinski definition) is 3. The first-order valence-electron chi connectivity index (χ1n) is 9.26. The predicted molar refractivity (Wildman–Crippen MR) is 119 cm³/mol. The third kappa shape index (κ3) is 4.35. The zero-order valence-corrected chi connectivity index (χ0v) is 16.5. The number of nitrogens with two attached hydrogens (primary N) is 3. The highest BCUT2D eigenvalue weighted by molar-refractivity contribution is 5.85. The van der Waals surface area contributed by atoms with Crippen molar-refractivity contribution in [2.75, 3.05) is 17.2 Å². The van der Waals surface area contributed by atoms with Crippen LogP contribution in [0.5, 0.6) is 0 Å². The molecule has 0 bridgehead atoms. The molecule has 7 heteroatoms. The molecule has 0 atom stereocenters. The molecule has 0 aliphatic rings. The monoisotopic (exact) mass is 388 g/mol. The van der Waals surface area contributed by atoms with Crippen molar-refractivity contribution in [2.45, 2.75) is 20.3 Å². The van der Waals surface area contributed by atoms with Crippen LogP contribution in [0.25, 0.3) is 16.5 Å². The Bertz CT molecular complexity index is 1150. The van der Waals surface area contributed by atoms with Gasteiger partial charge in [0.15, 0.2) is 0 Å². The Morgan fingerprint density at radius 3 is 2.14 bits per heavy atom. The zero-order valence-electron chi connectivity index (χ0n) is 16.5. The number of aromatic nitrogens is 3. The number of aryl methyl sites for hydroxylation is 2. The zero-order chi connectivity index (χ0) is 21.0. The third-order valence-corrected chi connectivity index (χ3v) is 4.49. The molecule has 0 amide bonds. The molecule has 2 aromatic heterocycles. The summed E-state index contributed by atoms with van der Waals surface area (Å²) in [5.74, 6) is 0.688. The molecule has 29 heavy (non-hydrogen) atoms. The van der Waals surface area contributed by atoms with Gasteiger partial charge in [-0.15, -0.1) is 0 Å². The maximum Gasteiger partial charge on any atom is 0.263 e. The second-order valence-electron chi connectivity index (χ2n) is 6.58. The minimum Gasteiger partial charge on any atom is -0.383 e. The number of benzene rings is 2. The molecule has 0 radical (unpaired) electrons. The molecule has 4 rings (SSSR count). The lowest BCUT2D eigenvalue weighted by atomic mass is 10.1. The van der Waals surface area contributed by atoms with Crippen LogP contribution in [0.1, 0.15) is 18.2 Å². The first kappa shape index (κ1) is 19.9. The summed E-state index contributed by atoms with van der Waals surface area (Å²) >= 11 is 0. The molecule has 4 aromatic rings. The van der Waals surface area contributed by atoms with Crippen molar-refractivity contribution < 1.29 is 0 Å². The van der Waals surface area contributed by atoms with Crippen molar-refractivity contribution in [3.05, 3.63) is 82.3 Å². The maximum atomic E-state index is 12.9. The normalized spacial score (nSPS) is 10.4. The number of nitrogen functional groups attached to an aromatic ring is 3. The molecule has 7 nitrogen and oxygen atoms in total. The van der Waals surface area contributed by atoms with Crippen LogP contribution in [0.3, 0.4) is 0 Å². The van der Waals surface area contributed by atoms with Gasteiger partial charge in [-0.05, 0) is 42.5 Å². The van der Waals surface area contributed by atoms with Gasteiger partial charge in [0.25, 0.3) is 5.56 Å². The summed E-state index contributed by atoms with van der Waals surface area (Å²) in [4.78, 5) is 20.1. The largest absolute Gasteiger partial charge is 0.383 e. The molecule has 0 unspecified atom stereocenters. The highest BCUT2D eigenvalue weighted by Gasteiger charge is 2.11. The molecule has 0 aliphatic carbocycles. The molecule has 0 saturated heterocycles. The van der Waals surface area contributed by atoms with Gasteiger partial charge >= 0.3 is 0 Å².